The molecule has 2 aliphatic rings. The summed E-state index contributed by atoms with van der Waals surface area (Å²) in [4.78, 5) is 32.8. The summed E-state index contributed by atoms with van der Waals surface area (Å²) in [6.07, 6.45) is 2.31. The summed E-state index contributed by atoms with van der Waals surface area (Å²) in [5, 5.41) is 2.99. The fraction of sp³-hybridized carbons (Fsp3) is 0.419. The predicted molar refractivity (Wildman–Crippen MR) is 152 cm³/mol. The van der Waals surface area contributed by atoms with Crippen molar-refractivity contribution in [3.63, 3.8) is 0 Å². The molecule has 0 N–H and O–H groups in total. The Labute approximate surface area is 230 Å². The molecule has 3 aromatic carbocycles. The molecule has 6 nitrogen and oxygen atoms in total. The van der Waals surface area contributed by atoms with Crippen LogP contribution in [0.15, 0.2) is 66.7 Å². The van der Waals surface area contributed by atoms with E-state index in [0.29, 0.717) is 37.6 Å². The van der Waals surface area contributed by atoms with Crippen LogP contribution in [0.2, 0.25) is 5.02 Å². The Morgan fingerprint density at radius 2 is 1.47 bits per heavy atom. The molecular weight excluding hydrogens is 498 g/mol. The van der Waals surface area contributed by atoms with E-state index >= 15 is 0 Å². The van der Waals surface area contributed by atoms with Crippen LogP contribution in [0.3, 0.4) is 0 Å². The summed E-state index contributed by atoms with van der Waals surface area (Å²) < 4.78 is 6.20. The minimum absolute atomic E-state index is 0.137. The summed E-state index contributed by atoms with van der Waals surface area (Å²) >= 11 is 6.04. The maximum atomic E-state index is 13.4. The maximum absolute atomic E-state index is 13.4. The fourth-order valence-corrected chi connectivity index (χ4v) is 5.62. The molecule has 200 valence electrons. The molecule has 0 spiro atoms. The van der Waals surface area contributed by atoms with E-state index in [1.165, 1.54) is 5.39 Å². The standard InChI is InChI=1S/C31H36ClN3O3/c1-33-16-18-35(19-17-33)30(37)22-31(23-38-28-10-8-27(32)9-11-28)12-14-34(15-13-31)29(36)21-24-6-7-25-4-2-3-5-26(25)20-24/h2-11,20H,12-19,21-23H2,1H3. The average molecular weight is 534 g/mol. The number of ether oxygens (including phenoxy) is 1. The number of likely N-dealkylation sites (N-methyl/N-ethyl adjacent to an activating group) is 1. The SMILES string of the molecule is CN1CCN(C(=O)CC2(COc3ccc(Cl)cc3)CCN(C(=O)Cc3ccc4ccccc4c3)CC2)CC1. The zero-order valence-corrected chi connectivity index (χ0v) is 22.8. The molecule has 38 heavy (non-hydrogen) atoms. The molecule has 0 atom stereocenters. The Morgan fingerprint density at radius 1 is 0.816 bits per heavy atom. The first-order valence-corrected chi connectivity index (χ1v) is 13.9. The van der Waals surface area contributed by atoms with Gasteiger partial charge in [-0.25, -0.2) is 0 Å². The second-order valence-electron chi connectivity index (χ2n) is 10.8. The normalized spacial score (nSPS) is 17.9. The third-order valence-electron chi connectivity index (χ3n) is 8.09. The van der Waals surface area contributed by atoms with Crippen LogP contribution in [-0.2, 0) is 16.0 Å². The highest BCUT2D eigenvalue weighted by atomic mass is 35.5. The van der Waals surface area contributed by atoms with Crippen LogP contribution >= 0.6 is 11.6 Å². The number of benzene rings is 3. The lowest BCUT2D eigenvalue weighted by molar-refractivity contribution is -0.138. The van der Waals surface area contributed by atoms with Gasteiger partial charge in [0.2, 0.25) is 11.8 Å². The molecule has 0 unspecified atom stereocenters. The summed E-state index contributed by atoms with van der Waals surface area (Å²) in [5.41, 5.74) is 0.724. The summed E-state index contributed by atoms with van der Waals surface area (Å²) in [5.74, 6) is 1.07. The zero-order valence-electron chi connectivity index (χ0n) is 22.1. The van der Waals surface area contributed by atoms with Gasteiger partial charge in [0.15, 0.2) is 0 Å². The molecule has 2 aliphatic heterocycles. The number of hydrogen-bond donors (Lipinski definition) is 0. The van der Waals surface area contributed by atoms with E-state index in [1.54, 1.807) is 0 Å². The molecule has 2 saturated heterocycles. The van der Waals surface area contributed by atoms with Crippen molar-refractivity contribution in [3.05, 3.63) is 77.3 Å². The Bertz CT molecular complexity index is 1260. The molecule has 0 saturated carbocycles. The Kier molecular flexibility index (Phi) is 8.20. The molecule has 5 rings (SSSR count). The first-order valence-electron chi connectivity index (χ1n) is 13.5. The van der Waals surface area contributed by atoms with Gasteiger partial charge in [-0.05, 0) is 60.5 Å². The fourth-order valence-electron chi connectivity index (χ4n) is 5.49. The molecule has 0 radical (unpaired) electrons. The lowest BCUT2D eigenvalue weighted by Gasteiger charge is -2.43. The molecule has 2 heterocycles. The molecular formula is C31H36ClN3O3. The number of carbonyl (C=O) groups excluding carboxylic acids is 2. The summed E-state index contributed by atoms with van der Waals surface area (Å²) in [7, 11) is 2.09. The van der Waals surface area contributed by atoms with E-state index in [2.05, 4.69) is 36.2 Å². The van der Waals surface area contributed by atoms with Crippen LogP contribution in [0.5, 0.6) is 5.75 Å². The second kappa shape index (κ2) is 11.7. The third kappa shape index (κ3) is 6.48. The highest BCUT2D eigenvalue weighted by Crippen LogP contribution is 2.37. The van der Waals surface area contributed by atoms with Crippen molar-refractivity contribution in [1.29, 1.82) is 0 Å². The van der Waals surface area contributed by atoms with Crippen molar-refractivity contribution in [2.24, 2.45) is 5.41 Å². The zero-order chi connectivity index (χ0) is 26.5. The third-order valence-corrected chi connectivity index (χ3v) is 8.34. The van der Waals surface area contributed by atoms with Gasteiger partial charge in [0.1, 0.15) is 5.75 Å². The minimum Gasteiger partial charge on any atom is -0.493 e. The molecule has 2 amide bonds. The number of rotatable bonds is 7. The summed E-state index contributed by atoms with van der Waals surface area (Å²) in [6, 6.07) is 21.8. The highest BCUT2D eigenvalue weighted by molar-refractivity contribution is 6.30. The topological polar surface area (TPSA) is 53.1 Å². The van der Waals surface area contributed by atoms with Crippen molar-refractivity contribution >= 4 is 34.2 Å². The lowest BCUT2D eigenvalue weighted by atomic mass is 9.75. The number of amides is 2. The van der Waals surface area contributed by atoms with Gasteiger partial charge in [0.05, 0.1) is 13.0 Å². The first kappa shape index (κ1) is 26.5. The van der Waals surface area contributed by atoms with Crippen LogP contribution in [0.1, 0.15) is 24.8 Å². The predicted octanol–water partition coefficient (Wildman–Crippen LogP) is 4.89. The number of piperazine rings is 1. The average Bonchev–Trinajstić information content (AvgIpc) is 2.93. The number of nitrogens with zero attached hydrogens (tertiary/aromatic N) is 3. The van der Waals surface area contributed by atoms with Gasteiger partial charge < -0.3 is 19.4 Å². The van der Waals surface area contributed by atoms with Gasteiger partial charge in [-0.15, -0.1) is 0 Å². The molecule has 2 fully saturated rings. The Morgan fingerprint density at radius 3 is 2.18 bits per heavy atom. The number of carbonyl (C=O) groups is 2. The first-order chi connectivity index (χ1) is 18.4. The number of fused-ring (bicyclic) bond motifs is 1. The van der Waals surface area contributed by atoms with Crippen molar-refractivity contribution < 1.29 is 14.3 Å². The van der Waals surface area contributed by atoms with Crippen LogP contribution in [0.25, 0.3) is 10.8 Å². The van der Waals surface area contributed by atoms with Crippen molar-refractivity contribution in [2.45, 2.75) is 25.7 Å². The van der Waals surface area contributed by atoms with Gasteiger partial charge in [0.25, 0.3) is 0 Å². The van der Waals surface area contributed by atoms with Gasteiger partial charge >= 0.3 is 0 Å². The molecule has 7 heteroatoms. The van der Waals surface area contributed by atoms with Crippen molar-refractivity contribution in [3.8, 4) is 5.75 Å². The van der Waals surface area contributed by atoms with E-state index in [-0.39, 0.29) is 17.2 Å². The van der Waals surface area contributed by atoms with Crippen molar-refractivity contribution in [1.82, 2.24) is 14.7 Å². The molecule has 0 bridgehead atoms. The van der Waals surface area contributed by atoms with Crippen LogP contribution < -0.4 is 4.74 Å². The van der Waals surface area contributed by atoms with Crippen LogP contribution in [0, 0.1) is 5.41 Å². The second-order valence-corrected chi connectivity index (χ2v) is 11.3. The quantitative estimate of drug-likeness (QED) is 0.434. The number of likely N-dealkylation sites (tertiary alicyclic amines) is 1. The molecule has 3 aromatic rings. The minimum atomic E-state index is -0.306. The monoisotopic (exact) mass is 533 g/mol. The number of piperidine rings is 1. The molecule has 0 aliphatic carbocycles. The molecule has 0 aromatic heterocycles. The number of hydrogen-bond acceptors (Lipinski definition) is 4. The van der Waals surface area contributed by atoms with Gasteiger partial charge in [-0.3, -0.25) is 9.59 Å². The van der Waals surface area contributed by atoms with Gasteiger partial charge in [-0.2, -0.15) is 0 Å². The largest absolute Gasteiger partial charge is 0.493 e. The van der Waals surface area contributed by atoms with E-state index < -0.39 is 0 Å². The van der Waals surface area contributed by atoms with E-state index in [0.717, 1.165) is 55.7 Å². The van der Waals surface area contributed by atoms with Gasteiger partial charge in [-0.1, -0.05) is 54.1 Å². The Balaban J connectivity index is 1.24. The van der Waals surface area contributed by atoms with E-state index in [1.807, 2.05) is 52.3 Å². The Hall–Kier alpha value is -3.09. The highest BCUT2D eigenvalue weighted by Gasteiger charge is 2.40. The van der Waals surface area contributed by atoms with Crippen molar-refractivity contribution in [2.75, 3.05) is 52.9 Å². The van der Waals surface area contributed by atoms with Crippen LogP contribution in [-0.4, -0.2) is 79.4 Å². The maximum Gasteiger partial charge on any atom is 0.226 e. The van der Waals surface area contributed by atoms with E-state index in [4.69, 9.17) is 16.3 Å². The smallest absolute Gasteiger partial charge is 0.226 e. The lowest BCUT2D eigenvalue weighted by Crippen LogP contribution is -2.51. The van der Waals surface area contributed by atoms with Gasteiger partial charge in [0, 0.05) is 56.1 Å². The number of halogens is 1. The summed E-state index contributed by atoms with van der Waals surface area (Å²) in [6.45, 7) is 5.04. The van der Waals surface area contributed by atoms with E-state index in [9.17, 15) is 9.59 Å². The van der Waals surface area contributed by atoms with Crippen LogP contribution in [0.4, 0.5) is 0 Å².